The topological polar surface area (TPSA) is 96.7 Å². The molecule has 14 heavy (non-hydrogen) atoms. The van der Waals surface area contributed by atoms with Gasteiger partial charge in [0.05, 0.1) is 7.11 Å². The Morgan fingerprint density at radius 3 is 2.64 bits per heavy atom. The highest BCUT2D eigenvalue weighted by Crippen LogP contribution is 2.20. The van der Waals surface area contributed by atoms with Gasteiger partial charge < -0.3 is 14.9 Å². The van der Waals surface area contributed by atoms with E-state index >= 15 is 0 Å². The largest absolute Gasteiger partial charge is 0.505 e. The predicted molar refractivity (Wildman–Crippen MR) is 44.2 cm³/mol. The smallest absolute Gasteiger partial charge is 0.360 e. The molecule has 6 nitrogen and oxygen atoms in total. The molecule has 0 spiro atoms. The second kappa shape index (κ2) is 3.73. The van der Waals surface area contributed by atoms with Crippen LogP contribution < -0.4 is 0 Å². The molecule has 74 valence electrons. The molecule has 2 N–H and O–H groups in total. The quantitative estimate of drug-likeness (QED) is 0.660. The first-order valence-corrected chi connectivity index (χ1v) is 3.57. The monoisotopic (exact) mass is 197 g/mol. The lowest BCUT2D eigenvalue weighted by Gasteiger charge is -2.03. The van der Waals surface area contributed by atoms with E-state index in [9.17, 15) is 14.7 Å². The third-order valence-corrected chi connectivity index (χ3v) is 1.53. The molecule has 0 unspecified atom stereocenters. The van der Waals surface area contributed by atoms with Crippen molar-refractivity contribution in [3.63, 3.8) is 0 Å². The van der Waals surface area contributed by atoms with E-state index in [0.29, 0.717) is 0 Å². The van der Waals surface area contributed by atoms with E-state index in [1.165, 1.54) is 0 Å². The molecule has 0 aliphatic heterocycles. The van der Waals surface area contributed by atoms with Gasteiger partial charge in [-0.25, -0.2) is 14.6 Å². The van der Waals surface area contributed by atoms with Gasteiger partial charge in [-0.1, -0.05) is 0 Å². The highest BCUT2D eigenvalue weighted by Gasteiger charge is 2.19. The zero-order chi connectivity index (χ0) is 10.7. The van der Waals surface area contributed by atoms with Crippen LogP contribution in [0.2, 0.25) is 0 Å². The van der Waals surface area contributed by atoms with Gasteiger partial charge in [0.15, 0.2) is 11.4 Å². The van der Waals surface area contributed by atoms with Crippen molar-refractivity contribution in [2.24, 2.45) is 0 Å². The number of rotatable bonds is 2. The molecule has 1 aromatic rings. The van der Waals surface area contributed by atoms with Gasteiger partial charge in [0.25, 0.3) is 0 Å². The Bertz CT molecular complexity index is 387. The number of aromatic hydroxyl groups is 1. The molecule has 6 heteroatoms. The Labute approximate surface area is 78.8 Å². The first kappa shape index (κ1) is 9.97. The third kappa shape index (κ3) is 1.63. The number of aromatic nitrogens is 1. The molecule has 1 rings (SSSR count). The van der Waals surface area contributed by atoms with Crippen molar-refractivity contribution in [1.82, 2.24) is 4.98 Å². The minimum Gasteiger partial charge on any atom is -0.505 e. The van der Waals surface area contributed by atoms with Crippen molar-refractivity contribution in [3.8, 4) is 5.75 Å². The summed E-state index contributed by atoms with van der Waals surface area (Å²) in [6, 6.07) is 1.09. The molecular formula is C8H7NO5. The van der Waals surface area contributed by atoms with E-state index in [2.05, 4.69) is 9.72 Å². The number of pyridine rings is 1. The number of carboxylic acids is 1. The van der Waals surface area contributed by atoms with Crippen LogP contribution in [0.5, 0.6) is 5.75 Å². The average Bonchev–Trinajstić information content (AvgIpc) is 2.16. The second-order valence-electron chi connectivity index (χ2n) is 2.35. The fraction of sp³-hybridized carbons (Fsp3) is 0.125. The first-order chi connectivity index (χ1) is 6.57. The maximum absolute atomic E-state index is 11.0. The minimum absolute atomic E-state index is 0.389. The Morgan fingerprint density at radius 1 is 1.50 bits per heavy atom. The summed E-state index contributed by atoms with van der Waals surface area (Å²) in [4.78, 5) is 25.0. The Kier molecular flexibility index (Phi) is 2.66. The lowest BCUT2D eigenvalue weighted by molar-refractivity contribution is 0.0590. The van der Waals surface area contributed by atoms with E-state index in [4.69, 9.17) is 5.11 Å². The van der Waals surface area contributed by atoms with E-state index in [-0.39, 0.29) is 5.56 Å². The van der Waals surface area contributed by atoms with Crippen LogP contribution in [0.1, 0.15) is 20.8 Å². The highest BCUT2D eigenvalue weighted by atomic mass is 16.5. The average molecular weight is 197 g/mol. The number of hydrogen-bond donors (Lipinski definition) is 2. The number of ether oxygens (including phenoxy) is 1. The lowest BCUT2D eigenvalue weighted by atomic mass is 10.2. The Morgan fingerprint density at radius 2 is 2.14 bits per heavy atom. The zero-order valence-electron chi connectivity index (χ0n) is 7.22. The summed E-state index contributed by atoms with van der Waals surface area (Å²) in [6.07, 6.45) is 1.11. The SMILES string of the molecule is COC(=O)c1nccc(C(=O)O)c1O. The van der Waals surface area contributed by atoms with Crippen molar-refractivity contribution < 1.29 is 24.5 Å². The van der Waals surface area contributed by atoms with E-state index in [1.807, 2.05) is 0 Å². The molecule has 0 aliphatic carbocycles. The number of carboxylic acid groups (broad SMARTS) is 1. The number of esters is 1. The fourth-order valence-electron chi connectivity index (χ4n) is 0.873. The summed E-state index contributed by atoms with van der Waals surface area (Å²) in [7, 11) is 1.11. The summed E-state index contributed by atoms with van der Waals surface area (Å²) in [5, 5.41) is 17.9. The fourth-order valence-corrected chi connectivity index (χ4v) is 0.873. The van der Waals surface area contributed by atoms with Crippen LogP contribution in [0.4, 0.5) is 0 Å². The van der Waals surface area contributed by atoms with Crippen LogP contribution in [0.3, 0.4) is 0 Å². The van der Waals surface area contributed by atoms with Crippen LogP contribution in [-0.2, 0) is 4.74 Å². The minimum atomic E-state index is -1.34. The van der Waals surface area contributed by atoms with Crippen LogP contribution >= 0.6 is 0 Å². The summed E-state index contributed by atoms with van der Waals surface area (Å²) >= 11 is 0. The van der Waals surface area contributed by atoms with Crippen molar-refractivity contribution in [3.05, 3.63) is 23.5 Å². The second-order valence-corrected chi connectivity index (χ2v) is 2.35. The predicted octanol–water partition coefficient (Wildman–Crippen LogP) is 0.272. The molecular weight excluding hydrogens is 190 g/mol. The first-order valence-electron chi connectivity index (χ1n) is 3.57. The summed E-state index contributed by atoms with van der Waals surface area (Å²) in [5.41, 5.74) is -0.798. The van der Waals surface area contributed by atoms with Gasteiger partial charge >= 0.3 is 11.9 Å². The molecule has 0 saturated heterocycles. The van der Waals surface area contributed by atoms with Gasteiger partial charge in [0.2, 0.25) is 0 Å². The number of aromatic carboxylic acids is 1. The molecule has 1 heterocycles. The molecule has 0 aromatic carbocycles. The molecule has 0 amide bonds. The maximum atomic E-state index is 11.0. The number of methoxy groups -OCH3 is 1. The Balaban J connectivity index is 3.27. The molecule has 0 bridgehead atoms. The molecule has 0 radical (unpaired) electrons. The van der Waals surface area contributed by atoms with Crippen molar-refractivity contribution in [1.29, 1.82) is 0 Å². The van der Waals surface area contributed by atoms with Gasteiger partial charge in [0, 0.05) is 6.20 Å². The highest BCUT2D eigenvalue weighted by molar-refractivity contribution is 5.97. The maximum Gasteiger partial charge on any atom is 0.360 e. The summed E-state index contributed by atoms with van der Waals surface area (Å²) < 4.78 is 4.30. The molecule has 1 aromatic heterocycles. The van der Waals surface area contributed by atoms with E-state index in [0.717, 1.165) is 19.4 Å². The van der Waals surface area contributed by atoms with Crippen molar-refractivity contribution in [2.75, 3.05) is 7.11 Å². The lowest BCUT2D eigenvalue weighted by Crippen LogP contribution is -2.07. The van der Waals surface area contributed by atoms with E-state index in [1.54, 1.807) is 0 Å². The van der Waals surface area contributed by atoms with Crippen molar-refractivity contribution >= 4 is 11.9 Å². The standard InChI is InChI=1S/C8H7NO5/c1-14-8(13)5-6(10)4(7(11)12)2-3-9-5/h2-3,10H,1H3,(H,11,12). The van der Waals surface area contributed by atoms with Gasteiger partial charge in [0.1, 0.15) is 5.56 Å². The van der Waals surface area contributed by atoms with E-state index < -0.39 is 23.4 Å². The van der Waals surface area contributed by atoms with Gasteiger partial charge in [-0.3, -0.25) is 0 Å². The molecule has 0 aliphatic rings. The van der Waals surface area contributed by atoms with Crippen LogP contribution in [-0.4, -0.2) is 34.2 Å². The third-order valence-electron chi connectivity index (χ3n) is 1.53. The summed E-state index contributed by atoms with van der Waals surface area (Å²) in [6.45, 7) is 0. The van der Waals surface area contributed by atoms with Crippen LogP contribution in [0, 0.1) is 0 Å². The van der Waals surface area contributed by atoms with Crippen molar-refractivity contribution in [2.45, 2.75) is 0 Å². The number of hydrogen-bond acceptors (Lipinski definition) is 5. The number of carbonyl (C=O) groups excluding carboxylic acids is 1. The van der Waals surface area contributed by atoms with Crippen LogP contribution in [0.25, 0.3) is 0 Å². The Hall–Kier alpha value is -2.11. The van der Waals surface area contributed by atoms with Gasteiger partial charge in [-0.05, 0) is 6.07 Å². The van der Waals surface area contributed by atoms with Gasteiger partial charge in [-0.2, -0.15) is 0 Å². The number of carbonyl (C=O) groups is 2. The van der Waals surface area contributed by atoms with Crippen LogP contribution in [0.15, 0.2) is 12.3 Å². The normalized spacial score (nSPS) is 9.50. The van der Waals surface area contributed by atoms with Gasteiger partial charge in [-0.15, -0.1) is 0 Å². The molecule has 0 saturated carbocycles. The molecule has 0 fully saturated rings. The number of nitrogens with zero attached hydrogens (tertiary/aromatic N) is 1. The zero-order valence-corrected chi connectivity index (χ0v) is 7.22. The summed E-state index contributed by atoms with van der Waals surface area (Å²) in [5.74, 6) is -2.91. The molecule has 0 atom stereocenters.